The van der Waals surface area contributed by atoms with E-state index in [1.807, 2.05) is 0 Å². The van der Waals surface area contributed by atoms with Gasteiger partial charge in [-0.1, -0.05) is 12.2 Å². The summed E-state index contributed by atoms with van der Waals surface area (Å²) in [5, 5.41) is 18.1. The maximum absolute atomic E-state index is 11.1. The van der Waals surface area contributed by atoms with Gasteiger partial charge in [0.1, 0.15) is 5.75 Å². The predicted molar refractivity (Wildman–Crippen MR) is 58.0 cm³/mol. The van der Waals surface area contributed by atoms with Crippen molar-refractivity contribution in [3.05, 3.63) is 41.5 Å². The summed E-state index contributed by atoms with van der Waals surface area (Å²) < 4.78 is 0. The molecule has 0 fully saturated rings. The molecule has 0 heterocycles. The Morgan fingerprint density at radius 3 is 2.73 bits per heavy atom. The minimum atomic E-state index is -0.0256. The lowest BCUT2D eigenvalue weighted by atomic mass is 10.0. The van der Waals surface area contributed by atoms with Gasteiger partial charge in [0.15, 0.2) is 5.78 Å². The summed E-state index contributed by atoms with van der Waals surface area (Å²) in [4.78, 5) is 11.1. The molecule has 0 radical (unpaired) electrons. The largest absolute Gasteiger partial charge is 0.508 e. The van der Waals surface area contributed by atoms with Crippen molar-refractivity contribution in [1.29, 1.82) is 0 Å². The van der Waals surface area contributed by atoms with Crippen LogP contribution in [0.15, 0.2) is 30.4 Å². The lowest BCUT2D eigenvalue weighted by Gasteiger charge is -2.03. The molecular formula is C12H14O3. The van der Waals surface area contributed by atoms with E-state index in [2.05, 4.69) is 0 Å². The highest BCUT2D eigenvalue weighted by Crippen LogP contribution is 2.19. The molecule has 0 aliphatic heterocycles. The van der Waals surface area contributed by atoms with Crippen LogP contribution in [0.1, 0.15) is 22.8 Å². The van der Waals surface area contributed by atoms with E-state index in [0.29, 0.717) is 17.5 Å². The number of hydrogen-bond acceptors (Lipinski definition) is 3. The van der Waals surface area contributed by atoms with E-state index in [-0.39, 0.29) is 18.1 Å². The Bertz CT molecular complexity index is 380. The van der Waals surface area contributed by atoms with Gasteiger partial charge in [0.25, 0.3) is 0 Å². The van der Waals surface area contributed by atoms with E-state index in [1.54, 1.807) is 24.3 Å². The fraction of sp³-hybridized carbons (Fsp3) is 0.250. The first-order valence-corrected chi connectivity index (χ1v) is 4.74. The number of rotatable bonds is 4. The minimum absolute atomic E-state index is 0.0207. The van der Waals surface area contributed by atoms with Crippen LogP contribution in [0.25, 0.3) is 0 Å². The van der Waals surface area contributed by atoms with Crippen molar-refractivity contribution >= 4 is 5.78 Å². The average Bonchev–Trinajstić information content (AvgIpc) is 2.20. The molecule has 0 unspecified atom stereocenters. The van der Waals surface area contributed by atoms with Gasteiger partial charge in [0.05, 0.1) is 6.61 Å². The SMILES string of the molecule is CC(=O)c1ccc(O)c(C/C=C\CO)c1. The van der Waals surface area contributed by atoms with Gasteiger partial charge in [-0.25, -0.2) is 0 Å². The Kier molecular flexibility index (Phi) is 4.06. The van der Waals surface area contributed by atoms with Crippen LogP contribution in [0.2, 0.25) is 0 Å². The lowest BCUT2D eigenvalue weighted by Crippen LogP contribution is -1.94. The Hall–Kier alpha value is -1.61. The number of ketones is 1. The van der Waals surface area contributed by atoms with E-state index in [0.717, 1.165) is 0 Å². The van der Waals surface area contributed by atoms with Crippen LogP contribution < -0.4 is 0 Å². The fourth-order valence-corrected chi connectivity index (χ4v) is 1.25. The molecule has 15 heavy (non-hydrogen) atoms. The van der Waals surface area contributed by atoms with Gasteiger partial charge in [0.2, 0.25) is 0 Å². The number of carbonyl (C=O) groups is 1. The second-order valence-corrected chi connectivity index (χ2v) is 3.26. The molecule has 80 valence electrons. The number of aliphatic hydroxyl groups is 1. The molecule has 2 N–H and O–H groups in total. The van der Waals surface area contributed by atoms with E-state index in [9.17, 15) is 9.90 Å². The topological polar surface area (TPSA) is 57.5 Å². The Balaban J connectivity index is 2.90. The van der Waals surface area contributed by atoms with Crippen LogP contribution in [0, 0.1) is 0 Å². The van der Waals surface area contributed by atoms with Crippen LogP contribution in [0.4, 0.5) is 0 Å². The zero-order valence-electron chi connectivity index (χ0n) is 8.60. The van der Waals surface area contributed by atoms with Crippen molar-refractivity contribution < 1.29 is 15.0 Å². The molecule has 1 aromatic carbocycles. The number of benzene rings is 1. The molecule has 3 heteroatoms. The third kappa shape index (κ3) is 3.22. The van der Waals surface area contributed by atoms with Crippen LogP contribution in [0.5, 0.6) is 5.75 Å². The van der Waals surface area contributed by atoms with Crippen LogP contribution in [-0.4, -0.2) is 22.6 Å². The molecule has 0 aliphatic carbocycles. The molecule has 1 aromatic rings. The summed E-state index contributed by atoms with van der Waals surface area (Å²) in [6, 6.07) is 4.77. The number of carbonyl (C=O) groups excluding carboxylic acids is 1. The predicted octanol–water partition coefficient (Wildman–Crippen LogP) is 1.69. The maximum Gasteiger partial charge on any atom is 0.159 e. The quantitative estimate of drug-likeness (QED) is 0.582. The number of allylic oxidation sites excluding steroid dienone is 1. The van der Waals surface area contributed by atoms with E-state index in [4.69, 9.17) is 5.11 Å². The number of Topliss-reactive ketones (excluding diaryl/α,β-unsaturated/α-hetero) is 1. The molecule has 0 amide bonds. The van der Waals surface area contributed by atoms with Crippen molar-refractivity contribution in [3.8, 4) is 5.75 Å². The maximum atomic E-state index is 11.1. The standard InChI is InChI=1S/C12H14O3/c1-9(14)10-5-6-12(15)11(8-10)4-2-3-7-13/h2-3,5-6,8,13,15H,4,7H2,1H3/b3-2-. The molecule has 3 nitrogen and oxygen atoms in total. The normalized spacial score (nSPS) is 10.8. The second kappa shape index (κ2) is 5.32. The molecule has 0 saturated carbocycles. The summed E-state index contributed by atoms with van der Waals surface area (Å²) in [5.74, 6) is 0.143. The van der Waals surface area contributed by atoms with Crippen LogP contribution in [-0.2, 0) is 6.42 Å². The summed E-state index contributed by atoms with van der Waals surface area (Å²) in [7, 11) is 0. The van der Waals surface area contributed by atoms with Gasteiger partial charge < -0.3 is 10.2 Å². The van der Waals surface area contributed by atoms with Crippen LogP contribution in [0.3, 0.4) is 0 Å². The third-order valence-electron chi connectivity index (χ3n) is 2.10. The van der Waals surface area contributed by atoms with Crippen molar-refractivity contribution in [3.63, 3.8) is 0 Å². The number of aliphatic hydroxyl groups excluding tert-OH is 1. The van der Waals surface area contributed by atoms with E-state index >= 15 is 0 Å². The number of aromatic hydroxyl groups is 1. The van der Waals surface area contributed by atoms with Crippen molar-refractivity contribution in [1.82, 2.24) is 0 Å². The van der Waals surface area contributed by atoms with E-state index in [1.165, 1.54) is 13.0 Å². The summed E-state index contributed by atoms with van der Waals surface area (Å²) in [6.45, 7) is 1.47. The summed E-state index contributed by atoms with van der Waals surface area (Å²) in [6.07, 6.45) is 3.85. The molecule has 0 atom stereocenters. The molecule has 0 bridgehead atoms. The lowest BCUT2D eigenvalue weighted by molar-refractivity contribution is 0.101. The molecule has 0 aromatic heterocycles. The molecule has 1 rings (SSSR count). The van der Waals surface area contributed by atoms with Gasteiger partial charge in [-0.3, -0.25) is 4.79 Å². The first-order valence-electron chi connectivity index (χ1n) is 4.74. The smallest absolute Gasteiger partial charge is 0.159 e. The Morgan fingerprint density at radius 1 is 1.40 bits per heavy atom. The third-order valence-corrected chi connectivity index (χ3v) is 2.10. The number of phenolic OH excluding ortho intramolecular Hbond substituents is 1. The number of hydrogen-bond donors (Lipinski definition) is 2. The first kappa shape index (κ1) is 11.5. The Morgan fingerprint density at radius 2 is 2.13 bits per heavy atom. The van der Waals surface area contributed by atoms with Crippen LogP contribution >= 0.6 is 0 Å². The van der Waals surface area contributed by atoms with E-state index < -0.39 is 0 Å². The summed E-state index contributed by atoms with van der Waals surface area (Å²) in [5.41, 5.74) is 1.27. The average molecular weight is 206 g/mol. The Labute approximate surface area is 88.7 Å². The van der Waals surface area contributed by atoms with Gasteiger partial charge in [-0.15, -0.1) is 0 Å². The van der Waals surface area contributed by atoms with Crippen molar-refractivity contribution in [2.24, 2.45) is 0 Å². The highest BCUT2D eigenvalue weighted by Gasteiger charge is 2.04. The summed E-state index contributed by atoms with van der Waals surface area (Å²) >= 11 is 0. The molecule has 0 aliphatic rings. The first-order chi connectivity index (χ1) is 7.15. The fourth-order valence-electron chi connectivity index (χ4n) is 1.25. The van der Waals surface area contributed by atoms with Crippen molar-refractivity contribution in [2.75, 3.05) is 6.61 Å². The molecule has 0 saturated heterocycles. The van der Waals surface area contributed by atoms with Gasteiger partial charge in [-0.05, 0) is 37.1 Å². The highest BCUT2D eigenvalue weighted by molar-refractivity contribution is 5.94. The zero-order valence-corrected chi connectivity index (χ0v) is 8.60. The number of phenols is 1. The molecular weight excluding hydrogens is 192 g/mol. The zero-order chi connectivity index (χ0) is 11.3. The molecule has 0 spiro atoms. The van der Waals surface area contributed by atoms with Gasteiger partial charge in [0, 0.05) is 5.56 Å². The van der Waals surface area contributed by atoms with Crippen molar-refractivity contribution in [2.45, 2.75) is 13.3 Å². The second-order valence-electron chi connectivity index (χ2n) is 3.26. The highest BCUT2D eigenvalue weighted by atomic mass is 16.3. The van der Waals surface area contributed by atoms with Gasteiger partial charge in [-0.2, -0.15) is 0 Å². The van der Waals surface area contributed by atoms with Gasteiger partial charge >= 0.3 is 0 Å². The minimum Gasteiger partial charge on any atom is -0.508 e. The monoisotopic (exact) mass is 206 g/mol.